The Morgan fingerprint density at radius 2 is 2.16 bits per heavy atom. The van der Waals surface area contributed by atoms with E-state index in [0.29, 0.717) is 31.1 Å². The number of amides is 1. The second-order valence-electron chi connectivity index (χ2n) is 5.46. The first-order chi connectivity index (χ1) is 11.9. The fourth-order valence-electron chi connectivity index (χ4n) is 2.40. The molecule has 0 radical (unpaired) electrons. The molecule has 0 saturated carbocycles. The van der Waals surface area contributed by atoms with Gasteiger partial charge in [-0.05, 0) is 33.3 Å². The summed E-state index contributed by atoms with van der Waals surface area (Å²) in [5, 5.41) is 22.2. The van der Waals surface area contributed by atoms with Gasteiger partial charge in [-0.1, -0.05) is 0 Å². The molecule has 0 aliphatic heterocycles. The second kappa shape index (κ2) is 8.38. The number of carbonyl (C=O) groups is 1. The highest BCUT2D eigenvalue weighted by molar-refractivity contribution is 5.92. The van der Waals surface area contributed by atoms with Crippen LogP contribution in [0.25, 0.3) is 0 Å². The lowest BCUT2D eigenvalue weighted by molar-refractivity contribution is -0.386. The van der Waals surface area contributed by atoms with Crippen molar-refractivity contribution in [2.24, 2.45) is 0 Å². The Morgan fingerprint density at radius 3 is 2.80 bits per heavy atom. The van der Waals surface area contributed by atoms with Crippen LogP contribution in [-0.4, -0.2) is 50.1 Å². The van der Waals surface area contributed by atoms with Gasteiger partial charge in [0, 0.05) is 26.0 Å². The molecule has 10 nitrogen and oxygen atoms in total. The van der Waals surface area contributed by atoms with Gasteiger partial charge in [0.25, 0.3) is 5.91 Å². The van der Waals surface area contributed by atoms with Crippen LogP contribution in [0.5, 0.6) is 0 Å². The van der Waals surface area contributed by atoms with Gasteiger partial charge >= 0.3 is 5.69 Å². The number of nitrogens with zero attached hydrogens (tertiary/aromatic N) is 5. The average Bonchev–Trinajstić information content (AvgIpc) is 3.12. The van der Waals surface area contributed by atoms with Crippen LogP contribution in [0.15, 0.2) is 12.3 Å². The summed E-state index contributed by atoms with van der Waals surface area (Å²) in [6.07, 6.45) is 2.37. The molecule has 25 heavy (non-hydrogen) atoms. The molecule has 0 aliphatic rings. The Hall–Kier alpha value is -2.75. The molecule has 0 saturated heterocycles. The first-order valence-electron chi connectivity index (χ1n) is 8.01. The van der Waals surface area contributed by atoms with Crippen molar-refractivity contribution < 1.29 is 14.5 Å². The first-order valence-corrected chi connectivity index (χ1v) is 8.01. The van der Waals surface area contributed by atoms with E-state index in [1.54, 1.807) is 26.1 Å². The van der Waals surface area contributed by atoms with Crippen molar-refractivity contribution in [1.29, 1.82) is 0 Å². The van der Waals surface area contributed by atoms with Crippen LogP contribution in [0.1, 0.15) is 35.2 Å². The van der Waals surface area contributed by atoms with E-state index in [9.17, 15) is 14.9 Å². The maximum absolute atomic E-state index is 12.0. The fourth-order valence-corrected chi connectivity index (χ4v) is 2.40. The van der Waals surface area contributed by atoms with Gasteiger partial charge in [0.15, 0.2) is 0 Å². The third-order valence-electron chi connectivity index (χ3n) is 3.63. The fraction of sp³-hybridized carbons (Fsp3) is 0.533. The lowest BCUT2D eigenvalue weighted by Crippen LogP contribution is -2.26. The van der Waals surface area contributed by atoms with E-state index in [1.807, 2.05) is 6.92 Å². The van der Waals surface area contributed by atoms with Gasteiger partial charge in [0.05, 0.1) is 4.92 Å². The number of ether oxygens (including phenoxy) is 1. The van der Waals surface area contributed by atoms with Gasteiger partial charge in [-0.2, -0.15) is 10.2 Å². The quantitative estimate of drug-likeness (QED) is 0.413. The second-order valence-corrected chi connectivity index (χ2v) is 5.46. The van der Waals surface area contributed by atoms with Crippen LogP contribution < -0.4 is 5.32 Å². The SMILES string of the molecule is CCOCCCNC(=O)c1ccn(Cn2nc(C)c([N+](=O)[O-])c2C)n1. The lowest BCUT2D eigenvalue weighted by atomic mass is 10.3. The normalized spacial score (nSPS) is 10.8. The van der Waals surface area contributed by atoms with Crippen molar-refractivity contribution in [2.75, 3.05) is 19.8 Å². The third kappa shape index (κ3) is 4.63. The molecule has 2 rings (SSSR count). The van der Waals surface area contributed by atoms with Crippen LogP contribution in [0, 0.1) is 24.0 Å². The molecule has 10 heteroatoms. The summed E-state index contributed by atoms with van der Waals surface area (Å²) in [7, 11) is 0. The zero-order chi connectivity index (χ0) is 18.4. The molecule has 0 atom stereocenters. The maximum atomic E-state index is 12.0. The van der Waals surface area contributed by atoms with Gasteiger partial charge in [0.1, 0.15) is 23.8 Å². The van der Waals surface area contributed by atoms with E-state index < -0.39 is 4.92 Å². The zero-order valence-electron chi connectivity index (χ0n) is 14.6. The van der Waals surface area contributed by atoms with Gasteiger partial charge in [-0.3, -0.25) is 19.6 Å². The summed E-state index contributed by atoms with van der Waals surface area (Å²) >= 11 is 0. The highest BCUT2D eigenvalue weighted by atomic mass is 16.6. The minimum Gasteiger partial charge on any atom is -0.382 e. The van der Waals surface area contributed by atoms with E-state index in [1.165, 1.54) is 9.36 Å². The molecule has 136 valence electrons. The molecule has 0 fully saturated rings. The maximum Gasteiger partial charge on any atom is 0.312 e. The monoisotopic (exact) mass is 350 g/mol. The first kappa shape index (κ1) is 18.6. The molecule has 0 aliphatic carbocycles. The van der Waals surface area contributed by atoms with Crippen molar-refractivity contribution in [2.45, 2.75) is 33.9 Å². The summed E-state index contributed by atoms with van der Waals surface area (Å²) in [4.78, 5) is 22.6. The molecule has 0 bridgehead atoms. The van der Waals surface area contributed by atoms with Crippen LogP contribution in [0.4, 0.5) is 5.69 Å². The number of rotatable bonds is 9. The molecular weight excluding hydrogens is 328 g/mol. The molecule has 2 heterocycles. The topological polar surface area (TPSA) is 117 Å². The van der Waals surface area contributed by atoms with Crippen LogP contribution >= 0.6 is 0 Å². The Balaban J connectivity index is 1.96. The standard InChI is InChI=1S/C15H22N6O4/c1-4-25-9-5-7-16-15(22)13-6-8-19(18-13)10-20-12(3)14(21(23)24)11(2)17-20/h6,8H,4-5,7,9-10H2,1-3H3,(H,16,22). The molecule has 1 amide bonds. The summed E-state index contributed by atoms with van der Waals surface area (Å²) in [5.74, 6) is -0.269. The highest BCUT2D eigenvalue weighted by Crippen LogP contribution is 2.21. The summed E-state index contributed by atoms with van der Waals surface area (Å²) in [5.41, 5.74) is 1.08. The Bertz CT molecular complexity index is 751. The zero-order valence-corrected chi connectivity index (χ0v) is 14.6. The predicted molar refractivity (Wildman–Crippen MR) is 89.4 cm³/mol. The van der Waals surface area contributed by atoms with E-state index in [4.69, 9.17) is 4.74 Å². The lowest BCUT2D eigenvalue weighted by Gasteiger charge is -2.05. The van der Waals surface area contributed by atoms with Crippen molar-refractivity contribution in [3.05, 3.63) is 39.5 Å². The predicted octanol–water partition coefficient (Wildman–Crippen LogP) is 1.27. The molecular formula is C15H22N6O4. The largest absolute Gasteiger partial charge is 0.382 e. The Morgan fingerprint density at radius 1 is 1.40 bits per heavy atom. The van der Waals surface area contributed by atoms with E-state index >= 15 is 0 Å². The molecule has 0 spiro atoms. The smallest absolute Gasteiger partial charge is 0.312 e. The summed E-state index contributed by atoms with van der Waals surface area (Å²) < 4.78 is 8.20. The number of aromatic nitrogens is 4. The van der Waals surface area contributed by atoms with Crippen LogP contribution in [0.2, 0.25) is 0 Å². The van der Waals surface area contributed by atoms with Crippen molar-refractivity contribution in [3.8, 4) is 0 Å². The number of hydrogen-bond acceptors (Lipinski definition) is 6. The van der Waals surface area contributed by atoms with Crippen molar-refractivity contribution in [1.82, 2.24) is 24.9 Å². The van der Waals surface area contributed by atoms with Gasteiger partial charge < -0.3 is 10.1 Å². The number of hydrogen-bond donors (Lipinski definition) is 1. The van der Waals surface area contributed by atoms with E-state index in [-0.39, 0.29) is 24.0 Å². The van der Waals surface area contributed by atoms with E-state index in [2.05, 4.69) is 15.5 Å². The van der Waals surface area contributed by atoms with Crippen LogP contribution in [0.3, 0.4) is 0 Å². The average molecular weight is 350 g/mol. The number of carbonyl (C=O) groups excluding carboxylic acids is 1. The summed E-state index contributed by atoms with van der Waals surface area (Å²) in [6.45, 7) is 7.10. The van der Waals surface area contributed by atoms with E-state index in [0.717, 1.165) is 6.42 Å². The molecule has 0 aromatic carbocycles. The number of nitro groups is 1. The molecule has 2 aromatic heterocycles. The molecule has 2 aromatic rings. The number of aryl methyl sites for hydroxylation is 1. The summed E-state index contributed by atoms with van der Waals surface area (Å²) in [6, 6.07) is 1.60. The van der Waals surface area contributed by atoms with Gasteiger partial charge in [-0.25, -0.2) is 4.68 Å². The van der Waals surface area contributed by atoms with Crippen LogP contribution in [-0.2, 0) is 11.4 Å². The minimum absolute atomic E-state index is 0.000536. The van der Waals surface area contributed by atoms with Gasteiger partial charge in [0.2, 0.25) is 0 Å². The Labute approximate surface area is 144 Å². The Kier molecular flexibility index (Phi) is 6.23. The van der Waals surface area contributed by atoms with Gasteiger partial charge in [-0.15, -0.1) is 0 Å². The number of nitrogens with one attached hydrogen (secondary N) is 1. The van der Waals surface area contributed by atoms with Crippen molar-refractivity contribution in [3.63, 3.8) is 0 Å². The van der Waals surface area contributed by atoms with Crippen molar-refractivity contribution >= 4 is 11.6 Å². The molecule has 0 unspecified atom stereocenters. The molecule has 1 N–H and O–H groups in total. The third-order valence-corrected chi connectivity index (χ3v) is 3.63. The minimum atomic E-state index is -0.446. The highest BCUT2D eigenvalue weighted by Gasteiger charge is 2.22.